The quantitative estimate of drug-likeness (QED) is 0.785. The standard InChI is InChI=1S/C14H17NO5/c1-3-19-12(17)9-15-14(18)13(20-10(2)16)11-7-5-4-6-8-11/h4-8,13H,3,9H2,1-2H3,(H,15,18). The van der Waals surface area contributed by atoms with E-state index in [1.165, 1.54) is 6.92 Å². The fourth-order valence-corrected chi connectivity index (χ4v) is 1.53. The third-order valence-corrected chi connectivity index (χ3v) is 2.34. The number of benzene rings is 1. The van der Waals surface area contributed by atoms with Crippen LogP contribution in [0.4, 0.5) is 0 Å². The van der Waals surface area contributed by atoms with Crippen LogP contribution in [0.2, 0.25) is 0 Å². The van der Waals surface area contributed by atoms with E-state index in [1.807, 2.05) is 0 Å². The van der Waals surface area contributed by atoms with Crippen LogP contribution < -0.4 is 5.32 Å². The predicted molar refractivity (Wildman–Crippen MR) is 70.6 cm³/mol. The lowest BCUT2D eigenvalue weighted by Gasteiger charge is -2.16. The van der Waals surface area contributed by atoms with E-state index < -0.39 is 23.9 Å². The summed E-state index contributed by atoms with van der Waals surface area (Å²) in [6.45, 7) is 2.86. The van der Waals surface area contributed by atoms with Gasteiger partial charge in [-0.1, -0.05) is 30.3 Å². The Hall–Kier alpha value is -2.37. The van der Waals surface area contributed by atoms with Crippen molar-refractivity contribution < 1.29 is 23.9 Å². The zero-order valence-electron chi connectivity index (χ0n) is 11.4. The van der Waals surface area contributed by atoms with Crippen LogP contribution in [0.3, 0.4) is 0 Å². The van der Waals surface area contributed by atoms with Crippen molar-refractivity contribution in [2.24, 2.45) is 0 Å². The van der Waals surface area contributed by atoms with Crippen molar-refractivity contribution in [3.8, 4) is 0 Å². The zero-order valence-corrected chi connectivity index (χ0v) is 11.4. The second-order valence-electron chi connectivity index (χ2n) is 3.92. The first-order valence-electron chi connectivity index (χ1n) is 6.20. The molecule has 0 aliphatic heterocycles. The summed E-state index contributed by atoms with van der Waals surface area (Å²) in [4.78, 5) is 34.3. The molecule has 0 radical (unpaired) electrons. The van der Waals surface area contributed by atoms with Crippen LogP contribution in [-0.4, -0.2) is 31.0 Å². The molecule has 0 saturated heterocycles. The predicted octanol–water partition coefficient (Wildman–Crippen LogP) is 0.970. The molecule has 0 saturated carbocycles. The lowest BCUT2D eigenvalue weighted by molar-refractivity contribution is -0.155. The Bertz CT molecular complexity index is 472. The molecule has 20 heavy (non-hydrogen) atoms. The Labute approximate surface area is 117 Å². The molecule has 108 valence electrons. The molecule has 0 heterocycles. The highest BCUT2D eigenvalue weighted by Gasteiger charge is 2.24. The number of carbonyl (C=O) groups is 3. The van der Waals surface area contributed by atoms with Crippen LogP contribution in [0.15, 0.2) is 30.3 Å². The number of amides is 1. The van der Waals surface area contributed by atoms with Gasteiger partial charge in [0.2, 0.25) is 6.10 Å². The summed E-state index contributed by atoms with van der Waals surface area (Å²) in [5.41, 5.74) is 0.532. The van der Waals surface area contributed by atoms with E-state index in [9.17, 15) is 14.4 Å². The molecule has 0 bridgehead atoms. The smallest absolute Gasteiger partial charge is 0.325 e. The summed E-state index contributed by atoms with van der Waals surface area (Å²) in [5.74, 6) is -1.69. The van der Waals surface area contributed by atoms with Gasteiger partial charge in [0.15, 0.2) is 0 Å². The second kappa shape index (κ2) is 7.93. The molecule has 0 fully saturated rings. The number of rotatable bonds is 6. The zero-order chi connectivity index (χ0) is 15.0. The minimum absolute atomic E-state index is 0.237. The van der Waals surface area contributed by atoms with Crippen LogP contribution in [-0.2, 0) is 23.9 Å². The summed E-state index contributed by atoms with van der Waals surface area (Å²) < 4.78 is 9.68. The van der Waals surface area contributed by atoms with Gasteiger partial charge in [-0.05, 0) is 6.92 Å². The van der Waals surface area contributed by atoms with Gasteiger partial charge in [0, 0.05) is 12.5 Å². The molecule has 1 aromatic carbocycles. The molecule has 1 N–H and O–H groups in total. The Balaban J connectivity index is 2.71. The average molecular weight is 279 g/mol. The molecular weight excluding hydrogens is 262 g/mol. The van der Waals surface area contributed by atoms with Gasteiger partial charge in [-0.3, -0.25) is 14.4 Å². The second-order valence-corrected chi connectivity index (χ2v) is 3.92. The van der Waals surface area contributed by atoms with Gasteiger partial charge < -0.3 is 14.8 Å². The Kier molecular flexibility index (Phi) is 6.22. The molecule has 1 aromatic rings. The van der Waals surface area contributed by atoms with Gasteiger partial charge >= 0.3 is 11.9 Å². The van der Waals surface area contributed by atoms with Crippen LogP contribution in [0, 0.1) is 0 Å². The van der Waals surface area contributed by atoms with E-state index in [1.54, 1.807) is 37.3 Å². The minimum atomic E-state index is -1.08. The fourth-order valence-electron chi connectivity index (χ4n) is 1.53. The maximum atomic E-state index is 12.0. The van der Waals surface area contributed by atoms with Crippen molar-refractivity contribution >= 4 is 17.8 Å². The molecule has 0 aromatic heterocycles. The highest BCUT2D eigenvalue weighted by atomic mass is 16.5. The Morgan fingerprint density at radius 3 is 2.40 bits per heavy atom. The summed E-state index contributed by atoms with van der Waals surface area (Å²) in [6, 6.07) is 8.56. The van der Waals surface area contributed by atoms with Crippen molar-refractivity contribution in [3.63, 3.8) is 0 Å². The molecule has 0 aliphatic rings. The molecule has 6 nitrogen and oxygen atoms in total. The third-order valence-electron chi connectivity index (χ3n) is 2.34. The molecule has 0 aliphatic carbocycles. The number of hydrogen-bond donors (Lipinski definition) is 1. The summed E-state index contributed by atoms with van der Waals surface area (Å²) in [6.07, 6.45) is -1.08. The molecule has 1 rings (SSSR count). The monoisotopic (exact) mass is 279 g/mol. The number of hydrogen-bond acceptors (Lipinski definition) is 5. The fraction of sp³-hybridized carbons (Fsp3) is 0.357. The van der Waals surface area contributed by atoms with Gasteiger partial charge in [0.1, 0.15) is 6.54 Å². The van der Waals surface area contributed by atoms with E-state index in [2.05, 4.69) is 5.32 Å². The maximum absolute atomic E-state index is 12.0. The van der Waals surface area contributed by atoms with E-state index in [0.717, 1.165) is 0 Å². The molecule has 1 unspecified atom stereocenters. The molecule has 6 heteroatoms. The van der Waals surface area contributed by atoms with Crippen molar-refractivity contribution in [2.45, 2.75) is 20.0 Å². The first-order chi connectivity index (χ1) is 9.54. The van der Waals surface area contributed by atoms with Gasteiger partial charge in [-0.25, -0.2) is 0 Å². The van der Waals surface area contributed by atoms with Crippen molar-refractivity contribution in [1.82, 2.24) is 5.32 Å². The first-order valence-corrected chi connectivity index (χ1v) is 6.20. The van der Waals surface area contributed by atoms with Crippen LogP contribution in [0.5, 0.6) is 0 Å². The van der Waals surface area contributed by atoms with Crippen molar-refractivity contribution in [2.75, 3.05) is 13.2 Å². The van der Waals surface area contributed by atoms with Crippen LogP contribution >= 0.6 is 0 Å². The van der Waals surface area contributed by atoms with Crippen LogP contribution in [0.25, 0.3) is 0 Å². The molecule has 1 amide bonds. The lowest BCUT2D eigenvalue weighted by Crippen LogP contribution is -2.36. The highest BCUT2D eigenvalue weighted by molar-refractivity contribution is 5.87. The summed E-state index contributed by atoms with van der Waals surface area (Å²) in [5, 5.41) is 2.38. The highest BCUT2D eigenvalue weighted by Crippen LogP contribution is 2.17. The van der Waals surface area contributed by atoms with Crippen molar-refractivity contribution in [1.29, 1.82) is 0 Å². The first kappa shape index (κ1) is 15.7. The average Bonchev–Trinajstić information content (AvgIpc) is 2.43. The molecule has 0 spiro atoms. The number of esters is 2. The topological polar surface area (TPSA) is 81.7 Å². The lowest BCUT2D eigenvalue weighted by atomic mass is 10.1. The largest absolute Gasteiger partial charge is 0.465 e. The Morgan fingerprint density at radius 2 is 1.85 bits per heavy atom. The SMILES string of the molecule is CCOC(=O)CNC(=O)C(OC(C)=O)c1ccccc1. The minimum Gasteiger partial charge on any atom is -0.465 e. The molecule has 1 atom stereocenters. The van der Waals surface area contributed by atoms with Gasteiger partial charge in [-0.2, -0.15) is 0 Å². The van der Waals surface area contributed by atoms with Crippen molar-refractivity contribution in [3.05, 3.63) is 35.9 Å². The summed E-state index contributed by atoms with van der Waals surface area (Å²) >= 11 is 0. The number of ether oxygens (including phenoxy) is 2. The van der Waals surface area contributed by atoms with Gasteiger partial charge in [0.05, 0.1) is 6.61 Å². The van der Waals surface area contributed by atoms with Gasteiger partial charge in [0.25, 0.3) is 5.91 Å². The third kappa shape index (κ3) is 5.09. The van der Waals surface area contributed by atoms with E-state index in [0.29, 0.717) is 5.56 Å². The normalized spacial score (nSPS) is 11.3. The molecular formula is C14H17NO5. The van der Waals surface area contributed by atoms with E-state index in [4.69, 9.17) is 9.47 Å². The Morgan fingerprint density at radius 1 is 1.20 bits per heavy atom. The number of carbonyl (C=O) groups excluding carboxylic acids is 3. The summed E-state index contributed by atoms with van der Waals surface area (Å²) in [7, 11) is 0. The van der Waals surface area contributed by atoms with Gasteiger partial charge in [-0.15, -0.1) is 0 Å². The maximum Gasteiger partial charge on any atom is 0.325 e. The van der Waals surface area contributed by atoms with E-state index >= 15 is 0 Å². The number of nitrogens with one attached hydrogen (secondary N) is 1. The van der Waals surface area contributed by atoms with Crippen LogP contribution in [0.1, 0.15) is 25.5 Å². The van der Waals surface area contributed by atoms with E-state index in [-0.39, 0.29) is 13.2 Å².